The highest BCUT2D eigenvalue weighted by Gasteiger charge is 2.68. The largest absolute Gasteiger partial charge is 0.461 e. The monoisotopic (exact) mass is 407 g/mol. The average Bonchev–Trinajstić information content (AvgIpc) is 3.35. The van der Waals surface area contributed by atoms with Crippen molar-refractivity contribution in [2.45, 2.75) is 45.2 Å². The van der Waals surface area contributed by atoms with Gasteiger partial charge in [0.25, 0.3) is 0 Å². The number of carbonyl (C=O) groups is 3. The number of carbonyl (C=O) groups excluding carboxylic acids is 3. The van der Waals surface area contributed by atoms with Gasteiger partial charge in [-0.15, -0.1) is 0 Å². The molecule has 2 N–H and O–H groups in total. The molecule has 1 aromatic heterocycles. The Labute approximate surface area is 167 Å². The smallest absolute Gasteiger partial charge is 0.423 e. The van der Waals surface area contributed by atoms with Crippen LogP contribution in [0.2, 0.25) is 0 Å². The Hall–Kier alpha value is -2.23. The highest BCUT2D eigenvalue weighted by molar-refractivity contribution is 6.15. The second-order valence-electron chi connectivity index (χ2n) is 8.36. The number of fused-ring (bicyclic) bond motifs is 3. The van der Waals surface area contributed by atoms with E-state index in [0.717, 1.165) is 7.11 Å². The Balaban J connectivity index is 1.72. The molecule has 2 saturated heterocycles. The van der Waals surface area contributed by atoms with Crippen LogP contribution in [-0.4, -0.2) is 45.9 Å². The minimum Gasteiger partial charge on any atom is -0.461 e. The van der Waals surface area contributed by atoms with E-state index in [1.165, 1.54) is 0 Å². The fourth-order valence-electron chi connectivity index (χ4n) is 5.27. The van der Waals surface area contributed by atoms with Gasteiger partial charge < -0.3 is 24.1 Å². The van der Waals surface area contributed by atoms with Crippen LogP contribution in [0.15, 0.2) is 16.5 Å². The van der Waals surface area contributed by atoms with Gasteiger partial charge in [0.15, 0.2) is 5.79 Å². The number of amides is 3. The highest BCUT2D eigenvalue weighted by atomic mass is 16.6. The summed E-state index contributed by atoms with van der Waals surface area (Å²) in [5.74, 6) is -4.72. The van der Waals surface area contributed by atoms with Gasteiger partial charge in [-0.1, -0.05) is 13.8 Å². The fourth-order valence-corrected chi connectivity index (χ4v) is 5.27. The number of likely N-dealkylation sites (tertiary alicyclic amines) is 1. The van der Waals surface area contributed by atoms with Crippen LogP contribution in [0, 0.1) is 29.6 Å². The lowest BCUT2D eigenvalue weighted by molar-refractivity contribution is -0.277. The minimum absolute atomic E-state index is 0.0260. The van der Waals surface area contributed by atoms with Gasteiger partial charge in [0.2, 0.25) is 11.8 Å². The molecule has 1 aliphatic carbocycles. The Morgan fingerprint density at radius 1 is 1.31 bits per heavy atom. The van der Waals surface area contributed by atoms with E-state index in [1.807, 2.05) is 13.8 Å². The summed E-state index contributed by atoms with van der Waals surface area (Å²) in [4.78, 5) is 38.4. The van der Waals surface area contributed by atoms with Crippen molar-refractivity contribution < 1.29 is 38.5 Å². The van der Waals surface area contributed by atoms with E-state index in [2.05, 4.69) is 4.74 Å². The first kappa shape index (κ1) is 20.1. The predicted molar refractivity (Wildman–Crippen MR) is 95.7 cm³/mol. The molecule has 9 nitrogen and oxygen atoms in total. The molecular formula is C20H25NO8. The van der Waals surface area contributed by atoms with Crippen LogP contribution >= 0.6 is 0 Å². The zero-order valence-electron chi connectivity index (χ0n) is 16.5. The molecule has 4 rings (SSSR count). The number of rotatable bonds is 3. The predicted octanol–water partition coefficient (Wildman–Crippen LogP) is 1.58. The standard InChI is InChI=1S/C20H25NO8/c1-9(2)12-6-11-16(18(24)21(17(11)23)19(25)27-3)13-7-15(29-20(12,13)26)14-5-4-10(8-22)28-14/h4-5,9,11-13,15-16,22,26H,6-8H2,1-3H3/t11-,12+,13-,15-,16-,20+/m0/s1. The lowest BCUT2D eigenvalue weighted by atomic mass is 9.62. The number of nitrogens with zero attached hydrogens (tertiary/aromatic N) is 1. The van der Waals surface area contributed by atoms with E-state index >= 15 is 0 Å². The molecule has 3 heterocycles. The molecule has 6 atom stereocenters. The maximum absolute atomic E-state index is 13.0. The van der Waals surface area contributed by atoms with E-state index < -0.39 is 53.5 Å². The van der Waals surface area contributed by atoms with Crippen molar-refractivity contribution in [2.24, 2.45) is 29.6 Å². The van der Waals surface area contributed by atoms with Crippen LogP contribution in [0.5, 0.6) is 0 Å². The number of aliphatic hydroxyl groups excluding tert-OH is 1. The summed E-state index contributed by atoms with van der Waals surface area (Å²) >= 11 is 0. The SMILES string of the molecule is COC(=O)N1C(=O)[C@H]2[C@H](C[C@H](C(C)C)[C@@]3(O)O[C@H](c4ccc(CO)o4)C[C@@H]23)C1=O. The molecule has 29 heavy (non-hydrogen) atoms. The molecule has 0 bridgehead atoms. The van der Waals surface area contributed by atoms with Crippen LogP contribution in [0.25, 0.3) is 0 Å². The van der Waals surface area contributed by atoms with Crippen molar-refractivity contribution in [3.8, 4) is 0 Å². The molecular weight excluding hydrogens is 382 g/mol. The third-order valence-corrected chi connectivity index (χ3v) is 6.60. The number of methoxy groups -OCH3 is 1. The van der Waals surface area contributed by atoms with E-state index in [9.17, 15) is 24.6 Å². The topological polar surface area (TPSA) is 127 Å². The normalized spacial score (nSPS) is 36.5. The van der Waals surface area contributed by atoms with Crippen LogP contribution in [0.3, 0.4) is 0 Å². The lowest BCUT2D eigenvalue weighted by Crippen LogP contribution is -2.55. The van der Waals surface area contributed by atoms with Gasteiger partial charge in [-0.05, 0) is 30.9 Å². The van der Waals surface area contributed by atoms with Crippen molar-refractivity contribution in [1.29, 1.82) is 0 Å². The van der Waals surface area contributed by atoms with E-state index in [0.29, 0.717) is 16.4 Å². The second kappa shape index (κ2) is 6.93. The van der Waals surface area contributed by atoms with E-state index in [-0.39, 0.29) is 25.4 Å². The lowest BCUT2D eigenvalue weighted by Gasteiger charge is -2.46. The molecule has 0 radical (unpaired) electrons. The Kier molecular flexibility index (Phi) is 4.79. The summed E-state index contributed by atoms with van der Waals surface area (Å²) in [6.45, 7) is 3.58. The highest BCUT2D eigenvalue weighted by Crippen LogP contribution is 2.59. The van der Waals surface area contributed by atoms with Crippen molar-refractivity contribution in [2.75, 3.05) is 7.11 Å². The Bertz CT molecular complexity index is 847. The number of furan rings is 1. The zero-order valence-corrected chi connectivity index (χ0v) is 16.5. The van der Waals surface area contributed by atoms with Gasteiger partial charge >= 0.3 is 6.09 Å². The van der Waals surface area contributed by atoms with Gasteiger partial charge in [0, 0.05) is 11.8 Å². The van der Waals surface area contributed by atoms with Gasteiger partial charge in [-0.3, -0.25) is 9.59 Å². The Morgan fingerprint density at radius 2 is 2.03 bits per heavy atom. The van der Waals surface area contributed by atoms with Crippen molar-refractivity contribution >= 4 is 17.9 Å². The number of hydrogen-bond acceptors (Lipinski definition) is 8. The molecule has 3 aliphatic rings. The molecule has 0 aromatic carbocycles. The summed E-state index contributed by atoms with van der Waals surface area (Å²) in [6.07, 6.45) is -1.14. The average molecular weight is 407 g/mol. The van der Waals surface area contributed by atoms with Crippen LogP contribution in [0.4, 0.5) is 4.79 Å². The third-order valence-electron chi connectivity index (χ3n) is 6.60. The van der Waals surface area contributed by atoms with Crippen LogP contribution < -0.4 is 0 Å². The summed E-state index contributed by atoms with van der Waals surface area (Å²) < 4.78 is 16.3. The van der Waals surface area contributed by atoms with Gasteiger partial charge in [0.05, 0.1) is 18.9 Å². The number of aliphatic hydroxyl groups is 2. The molecule has 0 spiro atoms. The molecule has 3 fully saturated rings. The summed E-state index contributed by atoms with van der Waals surface area (Å²) in [5.41, 5.74) is 0. The number of ether oxygens (including phenoxy) is 2. The second-order valence-corrected chi connectivity index (χ2v) is 8.36. The van der Waals surface area contributed by atoms with Gasteiger partial charge in [0.1, 0.15) is 24.2 Å². The molecule has 158 valence electrons. The number of hydrogen-bond donors (Lipinski definition) is 2. The first-order chi connectivity index (χ1) is 13.7. The van der Waals surface area contributed by atoms with Crippen molar-refractivity contribution in [3.63, 3.8) is 0 Å². The Morgan fingerprint density at radius 3 is 2.62 bits per heavy atom. The summed E-state index contributed by atoms with van der Waals surface area (Å²) in [7, 11) is 1.11. The van der Waals surface area contributed by atoms with Crippen LogP contribution in [-0.2, 0) is 25.7 Å². The van der Waals surface area contributed by atoms with Gasteiger partial charge in [-0.2, -0.15) is 4.90 Å². The zero-order chi connectivity index (χ0) is 21.1. The minimum atomic E-state index is -1.63. The van der Waals surface area contributed by atoms with E-state index in [1.54, 1.807) is 12.1 Å². The molecule has 0 unspecified atom stereocenters. The quantitative estimate of drug-likeness (QED) is 0.723. The molecule has 9 heteroatoms. The van der Waals surface area contributed by atoms with Gasteiger partial charge in [-0.25, -0.2) is 4.79 Å². The third kappa shape index (κ3) is 2.83. The molecule has 1 aromatic rings. The fraction of sp³-hybridized carbons (Fsp3) is 0.650. The first-order valence-electron chi connectivity index (χ1n) is 9.78. The van der Waals surface area contributed by atoms with Crippen LogP contribution in [0.1, 0.15) is 44.3 Å². The molecule has 2 aliphatic heterocycles. The van der Waals surface area contributed by atoms with Crippen molar-refractivity contribution in [1.82, 2.24) is 4.90 Å². The summed E-state index contributed by atoms with van der Waals surface area (Å²) in [6, 6.07) is 3.29. The first-order valence-corrected chi connectivity index (χ1v) is 9.78. The van der Waals surface area contributed by atoms with Crippen molar-refractivity contribution in [3.05, 3.63) is 23.7 Å². The maximum atomic E-state index is 13.0. The van der Waals surface area contributed by atoms with E-state index in [4.69, 9.17) is 9.15 Å². The maximum Gasteiger partial charge on any atom is 0.423 e. The molecule has 1 saturated carbocycles. The molecule has 3 amide bonds. The number of imide groups is 3. The summed E-state index contributed by atoms with van der Waals surface area (Å²) in [5, 5.41) is 20.8.